The molecule has 1 N–H and O–H groups in total. The van der Waals surface area contributed by atoms with Gasteiger partial charge in [-0.1, -0.05) is 36.4 Å². The van der Waals surface area contributed by atoms with Crippen molar-refractivity contribution in [2.24, 2.45) is 0 Å². The maximum absolute atomic E-state index is 14.0. The Balaban J connectivity index is 1.38. The lowest BCUT2D eigenvalue weighted by Crippen LogP contribution is -2.45. The molecule has 2 aliphatic heterocycles. The smallest absolute Gasteiger partial charge is 0.246 e. The van der Waals surface area contributed by atoms with Gasteiger partial charge in [-0.25, -0.2) is 4.39 Å². The molecule has 3 aromatic rings. The molecule has 0 aromatic heterocycles. The highest BCUT2D eigenvalue weighted by molar-refractivity contribution is 6.14. The first-order valence-corrected chi connectivity index (χ1v) is 11.3. The summed E-state index contributed by atoms with van der Waals surface area (Å²) in [5.74, 6) is -0.387. The van der Waals surface area contributed by atoms with Crippen LogP contribution in [0.5, 0.6) is 5.75 Å². The molecule has 6 rings (SSSR count). The normalized spacial score (nSPS) is 20.3. The molecule has 3 aliphatic rings. The molecule has 0 bridgehead atoms. The van der Waals surface area contributed by atoms with Crippen LogP contribution in [0.25, 0.3) is 0 Å². The van der Waals surface area contributed by atoms with Crippen molar-refractivity contribution in [2.75, 3.05) is 23.4 Å². The average Bonchev–Trinajstić information content (AvgIpc) is 3.31. The minimum absolute atomic E-state index is 0.0957. The first-order chi connectivity index (χ1) is 16.1. The van der Waals surface area contributed by atoms with Crippen LogP contribution < -0.4 is 15.0 Å². The van der Waals surface area contributed by atoms with Crippen LogP contribution in [0.1, 0.15) is 35.1 Å². The lowest BCUT2D eigenvalue weighted by atomic mass is 9.75. The lowest BCUT2D eigenvalue weighted by molar-refractivity contribution is -0.124. The maximum atomic E-state index is 14.0. The van der Waals surface area contributed by atoms with Gasteiger partial charge in [0.1, 0.15) is 30.1 Å². The van der Waals surface area contributed by atoms with Gasteiger partial charge in [0.05, 0.1) is 5.69 Å². The Hall–Kier alpha value is -3.67. The van der Waals surface area contributed by atoms with E-state index in [1.54, 1.807) is 12.1 Å². The number of para-hydroxylation sites is 2. The van der Waals surface area contributed by atoms with Crippen molar-refractivity contribution >= 4 is 23.2 Å². The molecule has 0 saturated carbocycles. The molecule has 1 spiro atoms. The number of nitrogens with zero attached hydrogens (tertiary/aromatic N) is 1. The van der Waals surface area contributed by atoms with E-state index in [2.05, 4.69) is 17.4 Å². The first kappa shape index (κ1) is 20.0. The number of amides is 2. The van der Waals surface area contributed by atoms with E-state index in [0.717, 1.165) is 36.1 Å². The molecule has 6 heteroatoms. The Morgan fingerprint density at radius 3 is 2.55 bits per heavy atom. The zero-order valence-corrected chi connectivity index (χ0v) is 18.1. The molecular weight excluding hydrogens is 419 g/mol. The van der Waals surface area contributed by atoms with Crippen LogP contribution in [0.4, 0.5) is 15.8 Å². The summed E-state index contributed by atoms with van der Waals surface area (Å²) in [6, 6.07) is 17.8. The molecular formula is C27H23FN2O3. The third-order valence-corrected chi connectivity index (χ3v) is 7.06. The highest BCUT2D eigenvalue weighted by atomic mass is 19.1. The minimum atomic E-state index is -0.962. The van der Waals surface area contributed by atoms with Crippen molar-refractivity contribution in [3.63, 3.8) is 0 Å². The summed E-state index contributed by atoms with van der Waals surface area (Å²) < 4.78 is 20.1. The van der Waals surface area contributed by atoms with Gasteiger partial charge in [-0.05, 0) is 66.6 Å². The number of carbonyl (C=O) groups excluding carboxylic acids is 2. The first-order valence-electron chi connectivity index (χ1n) is 11.3. The van der Waals surface area contributed by atoms with E-state index in [1.807, 2.05) is 24.3 Å². The third-order valence-electron chi connectivity index (χ3n) is 7.06. The van der Waals surface area contributed by atoms with Gasteiger partial charge in [0.25, 0.3) is 0 Å². The SMILES string of the molecule is O=C(CN1C(=O)C2(COc3cc4c(cc32)CCCC4)c2ccccc21)Nc1ccccc1F. The minimum Gasteiger partial charge on any atom is -0.491 e. The molecule has 0 fully saturated rings. The Labute approximate surface area is 191 Å². The standard InChI is InChI=1S/C27H23FN2O3/c28-21-10-4-5-11-22(21)29-25(31)15-30-23-12-6-3-9-19(23)27(26(30)32)16-33-24-14-18-8-2-1-7-17(18)13-20(24)27/h3-6,9-14H,1-2,7-8,15-16H2,(H,29,31). The van der Waals surface area contributed by atoms with Crippen LogP contribution in [0.3, 0.4) is 0 Å². The van der Waals surface area contributed by atoms with Gasteiger partial charge in [-0.3, -0.25) is 9.59 Å². The van der Waals surface area contributed by atoms with E-state index in [1.165, 1.54) is 34.6 Å². The van der Waals surface area contributed by atoms with Crippen molar-refractivity contribution in [1.29, 1.82) is 0 Å². The second kappa shape index (κ2) is 7.44. The van der Waals surface area contributed by atoms with Gasteiger partial charge in [0, 0.05) is 11.3 Å². The lowest BCUT2D eigenvalue weighted by Gasteiger charge is -2.24. The van der Waals surface area contributed by atoms with Crippen molar-refractivity contribution in [2.45, 2.75) is 31.1 Å². The molecule has 33 heavy (non-hydrogen) atoms. The number of anilines is 2. The molecule has 3 aromatic carbocycles. The summed E-state index contributed by atoms with van der Waals surface area (Å²) in [5.41, 5.74) is 4.15. The second-order valence-electron chi connectivity index (χ2n) is 8.95. The second-order valence-corrected chi connectivity index (χ2v) is 8.95. The number of benzene rings is 3. The molecule has 2 heterocycles. The van der Waals surface area contributed by atoms with Crippen molar-refractivity contribution in [1.82, 2.24) is 0 Å². The molecule has 1 unspecified atom stereocenters. The van der Waals surface area contributed by atoms with Gasteiger partial charge in [-0.2, -0.15) is 0 Å². The molecule has 1 atom stereocenters. The Morgan fingerprint density at radius 2 is 1.73 bits per heavy atom. The Kier molecular flexibility index (Phi) is 4.50. The van der Waals surface area contributed by atoms with Gasteiger partial charge in [-0.15, -0.1) is 0 Å². The zero-order valence-electron chi connectivity index (χ0n) is 18.1. The van der Waals surface area contributed by atoms with E-state index >= 15 is 0 Å². The highest BCUT2D eigenvalue weighted by Gasteiger charge is 2.57. The number of fused-ring (bicyclic) bond motifs is 5. The van der Waals surface area contributed by atoms with E-state index in [4.69, 9.17) is 4.74 Å². The van der Waals surface area contributed by atoms with Gasteiger partial charge >= 0.3 is 0 Å². The summed E-state index contributed by atoms with van der Waals surface area (Å²) in [5, 5.41) is 2.59. The van der Waals surface area contributed by atoms with E-state index in [9.17, 15) is 14.0 Å². The Bertz CT molecular complexity index is 1300. The average molecular weight is 442 g/mol. The number of nitrogens with one attached hydrogen (secondary N) is 1. The molecule has 5 nitrogen and oxygen atoms in total. The fraction of sp³-hybridized carbons (Fsp3) is 0.259. The molecule has 1 aliphatic carbocycles. The number of hydrogen-bond acceptors (Lipinski definition) is 3. The number of halogens is 1. The van der Waals surface area contributed by atoms with E-state index < -0.39 is 17.1 Å². The maximum Gasteiger partial charge on any atom is 0.246 e. The van der Waals surface area contributed by atoms with Crippen LogP contribution in [0.2, 0.25) is 0 Å². The van der Waals surface area contributed by atoms with Gasteiger partial charge in [0.2, 0.25) is 11.8 Å². The van der Waals surface area contributed by atoms with E-state index in [0.29, 0.717) is 5.69 Å². The van der Waals surface area contributed by atoms with Crippen LogP contribution in [0, 0.1) is 5.82 Å². The van der Waals surface area contributed by atoms with Gasteiger partial charge in [0.15, 0.2) is 0 Å². The monoisotopic (exact) mass is 442 g/mol. The number of aryl methyl sites for hydroxylation is 2. The molecule has 2 amide bonds. The van der Waals surface area contributed by atoms with E-state index in [-0.39, 0.29) is 24.7 Å². The summed E-state index contributed by atoms with van der Waals surface area (Å²) >= 11 is 0. The van der Waals surface area contributed by atoms with Crippen molar-refractivity contribution in [3.05, 3.63) is 88.7 Å². The Morgan fingerprint density at radius 1 is 1.00 bits per heavy atom. The molecule has 0 radical (unpaired) electrons. The third kappa shape index (κ3) is 2.97. The molecule has 0 saturated heterocycles. The summed E-state index contributed by atoms with van der Waals surface area (Å²) in [4.78, 5) is 28.3. The number of carbonyl (C=O) groups is 2. The van der Waals surface area contributed by atoms with Gasteiger partial charge < -0.3 is 15.0 Å². The fourth-order valence-corrected chi connectivity index (χ4v) is 5.46. The predicted octanol–water partition coefficient (Wildman–Crippen LogP) is 4.37. The summed E-state index contributed by atoms with van der Waals surface area (Å²) in [6.07, 6.45) is 4.35. The number of rotatable bonds is 3. The van der Waals surface area contributed by atoms with Crippen LogP contribution in [-0.4, -0.2) is 25.0 Å². The quantitative estimate of drug-likeness (QED) is 0.656. The topological polar surface area (TPSA) is 58.6 Å². The van der Waals surface area contributed by atoms with Crippen molar-refractivity contribution < 1.29 is 18.7 Å². The largest absolute Gasteiger partial charge is 0.491 e. The number of hydrogen-bond donors (Lipinski definition) is 1. The fourth-order valence-electron chi connectivity index (χ4n) is 5.46. The predicted molar refractivity (Wildman–Crippen MR) is 123 cm³/mol. The zero-order chi connectivity index (χ0) is 22.6. The molecule has 166 valence electrons. The van der Waals surface area contributed by atoms with Crippen molar-refractivity contribution in [3.8, 4) is 5.75 Å². The summed E-state index contributed by atoms with van der Waals surface area (Å²) in [6.45, 7) is 0.0126. The van der Waals surface area contributed by atoms with Crippen LogP contribution >= 0.6 is 0 Å². The number of ether oxygens (including phenoxy) is 1. The highest BCUT2D eigenvalue weighted by Crippen LogP contribution is 2.53. The van der Waals surface area contributed by atoms with Crippen LogP contribution in [-0.2, 0) is 27.8 Å². The summed E-state index contributed by atoms with van der Waals surface area (Å²) in [7, 11) is 0. The van der Waals surface area contributed by atoms with Crippen LogP contribution in [0.15, 0.2) is 60.7 Å².